The van der Waals surface area contributed by atoms with Crippen molar-refractivity contribution in [3.05, 3.63) is 28.2 Å². The van der Waals surface area contributed by atoms with Crippen LogP contribution < -0.4 is 4.74 Å². The topological polar surface area (TPSA) is 38.8 Å². The third-order valence-electron chi connectivity index (χ3n) is 2.39. The molecular weight excluding hydrogens is 298 g/mol. The van der Waals surface area contributed by atoms with E-state index in [0.29, 0.717) is 13.2 Å². The predicted molar refractivity (Wildman–Crippen MR) is 73.7 cm³/mol. The lowest BCUT2D eigenvalue weighted by atomic mass is 10.2. The Balaban J connectivity index is 2.66. The summed E-state index contributed by atoms with van der Waals surface area (Å²) in [6.45, 7) is 3.10. The molecule has 0 aromatic heterocycles. The molecule has 0 bridgehead atoms. The van der Waals surface area contributed by atoms with Gasteiger partial charge in [0.05, 0.1) is 20.3 Å². The van der Waals surface area contributed by atoms with E-state index in [1.165, 1.54) is 0 Å². The minimum absolute atomic E-state index is 0.214. The van der Waals surface area contributed by atoms with E-state index in [-0.39, 0.29) is 12.5 Å². The Kier molecular flexibility index (Phi) is 6.15. The van der Waals surface area contributed by atoms with Gasteiger partial charge in [-0.15, -0.1) is 0 Å². The lowest BCUT2D eigenvalue weighted by Gasteiger charge is -2.17. The van der Waals surface area contributed by atoms with Crippen LogP contribution in [0.3, 0.4) is 0 Å². The maximum absolute atomic E-state index is 11.4. The fourth-order valence-corrected chi connectivity index (χ4v) is 2.05. The molecule has 18 heavy (non-hydrogen) atoms. The number of nitrogens with zero attached hydrogens (tertiary/aromatic N) is 1. The Bertz CT molecular complexity index is 409. The molecule has 0 aliphatic rings. The second kappa shape index (κ2) is 7.38. The second-order valence-corrected chi connectivity index (χ2v) is 4.85. The fourth-order valence-electron chi connectivity index (χ4n) is 1.64. The highest BCUT2D eigenvalue weighted by Crippen LogP contribution is 2.23. The molecule has 100 valence electrons. The van der Waals surface area contributed by atoms with Gasteiger partial charge in [-0.2, -0.15) is 0 Å². The molecule has 1 aromatic rings. The molecule has 0 saturated heterocycles. The number of carbonyl (C=O) groups excluding carboxylic acids is 1. The van der Waals surface area contributed by atoms with E-state index in [2.05, 4.69) is 15.9 Å². The number of rotatable bonds is 6. The van der Waals surface area contributed by atoms with Crippen molar-refractivity contribution in [2.75, 3.05) is 27.3 Å². The molecule has 0 atom stereocenters. The number of ether oxygens (including phenoxy) is 2. The van der Waals surface area contributed by atoms with Gasteiger partial charge in [-0.25, -0.2) is 0 Å². The smallest absolute Gasteiger partial charge is 0.320 e. The first-order chi connectivity index (χ1) is 8.56. The molecule has 0 heterocycles. The van der Waals surface area contributed by atoms with Crippen LogP contribution in [-0.4, -0.2) is 38.2 Å². The van der Waals surface area contributed by atoms with Crippen molar-refractivity contribution in [3.8, 4) is 5.75 Å². The zero-order valence-corrected chi connectivity index (χ0v) is 12.5. The standard InChI is InChI=1S/C13H18BrNO3/c1-4-18-13(16)9-15(2)8-10-7-11(14)5-6-12(10)17-3/h5-7H,4,8-9H2,1-3H3. The van der Waals surface area contributed by atoms with E-state index in [9.17, 15) is 4.79 Å². The number of esters is 1. The van der Waals surface area contributed by atoms with E-state index in [0.717, 1.165) is 15.8 Å². The SMILES string of the molecule is CCOC(=O)CN(C)Cc1cc(Br)ccc1OC. The number of likely N-dealkylation sites (N-methyl/N-ethyl adjacent to an activating group) is 1. The van der Waals surface area contributed by atoms with Gasteiger partial charge in [0.25, 0.3) is 0 Å². The fraction of sp³-hybridized carbons (Fsp3) is 0.462. The van der Waals surface area contributed by atoms with Crippen molar-refractivity contribution in [3.63, 3.8) is 0 Å². The number of halogens is 1. The van der Waals surface area contributed by atoms with Gasteiger partial charge in [-0.1, -0.05) is 15.9 Å². The van der Waals surface area contributed by atoms with Crippen molar-refractivity contribution < 1.29 is 14.3 Å². The van der Waals surface area contributed by atoms with E-state index in [1.54, 1.807) is 14.0 Å². The summed E-state index contributed by atoms with van der Waals surface area (Å²) in [6, 6.07) is 5.81. The van der Waals surface area contributed by atoms with Crippen molar-refractivity contribution in [1.29, 1.82) is 0 Å². The molecule has 0 radical (unpaired) electrons. The normalized spacial score (nSPS) is 10.5. The van der Waals surface area contributed by atoms with Crippen molar-refractivity contribution in [2.45, 2.75) is 13.5 Å². The van der Waals surface area contributed by atoms with E-state index >= 15 is 0 Å². The molecular formula is C13H18BrNO3. The summed E-state index contributed by atoms with van der Waals surface area (Å²) in [7, 11) is 3.51. The third kappa shape index (κ3) is 4.66. The van der Waals surface area contributed by atoms with Gasteiger partial charge in [-0.05, 0) is 32.2 Å². The second-order valence-electron chi connectivity index (χ2n) is 3.93. The molecule has 1 rings (SSSR count). The van der Waals surface area contributed by atoms with Crippen molar-refractivity contribution in [1.82, 2.24) is 4.90 Å². The van der Waals surface area contributed by atoms with Crippen LogP contribution in [0.4, 0.5) is 0 Å². The molecule has 0 aliphatic carbocycles. The summed E-state index contributed by atoms with van der Waals surface area (Å²) in [4.78, 5) is 13.3. The van der Waals surface area contributed by atoms with Gasteiger partial charge in [0.2, 0.25) is 0 Å². The average molecular weight is 316 g/mol. The van der Waals surface area contributed by atoms with Gasteiger partial charge in [0.15, 0.2) is 0 Å². The first-order valence-corrected chi connectivity index (χ1v) is 6.52. The molecule has 4 nitrogen and oxygen atoms in total. The molecule has 0 unspecified atom stereocenters. The van der Waals surface area contributed by atoms with Crippen LogP contribution in [0.5, 0.6) is 5.75 Å². The summed E-state index contributed by atoms with van der Waals surface area (Å²) in [6.07, 6.45) is 0. The van der Waals surface area contributed by atoms with Gasteiger partial charge < -0.3 is 9.47 Å². The molecule has 0 fully saturated rings. The Morgan fingerprint density at radius 2 is 2.17 bits per heavy atom. The van der Waals surface area contributed by atoms with E-state index < -0.39 is 0 Å². The van der Waals surface area contributed by atoms with Crippen molar-refractivity contribution in [2.24, 2.45) is 0 Å². The molecule has 0 amide bonds. The van der Waals surface area contributed by atoms with Crippen LogP contribution >= 0.6 is 15.9 Å². The minimum atomic E-state index is -0.214. The maximum Gasteiger partial charge on any atom is 0.320 e. The Morgan fingerprint density at radius 1 is 1.44 bits per heavy atom. The zero-order chi connectivity index (χ0) is 13.5. The van der Waals surface area contributed by atoms with Crippen LogP contribution in [-0.2, 0) is 16.1 Å². The first kappa shape index (κ1) is 15.0. The molecule has 5 heteroatoms. The first-order valence-electron chi connectivity index (χ1n) is 5.73. The van der Waals surface area contributed by atoms with Gasteiger partial charge in [-0.3, -0.25) is 9.69 Å². The monoisotopic (exact) mass is 315 g/mol. The maximum atomic E-state index is 11.4. The summed E-state index contributed by atoms with van der Waals surface area (Å²) < 4.78 is 11.2. The molecule has 0 aliphatic heterocycles. The molecule has 1 aromatic carbocycles. The molecule has 0 saturated carbocycles. The van der Waals surface area contributed by atoms with E-state index in [4.69, 9.17) is 9.47 Å². The quantitative estimate of drug-likeness (QED) is 0.756. The lowest BCUT2D eigenvalue weighted by Crippen LogP contribution is -2.27. The number of hydrogen-bond donors (Lipinski definition) is 0. The highest BCUT2D eigenvalue weighted by molar-refractivity contribution is 9.10. The summed E-state index contributed by atoms with van der Waals surface area (Å²) in [5, 5.41) is 0. The van der Waals surface area contributed by atoms with Crippen molar-refractivity contribution >= 4 is 21.9 Å². The number of carbonyl (C=O) groups is 1. The number of methoxy groups -OCH3 is 1. The summed E-state index contributed by atoms with van der Waals surface area (Å²) in [5.41, 5.74) is 1.03. The number of hydrogen-bond acceptors (Lipinski definition) is 4. The average Bonchev–Trinajstić information content (AvgIpc) is 2.29. The highest BCUT2D eigenvalue weighted by Gasteiger charge is 2.11. The Morgan fingerprint density at radius 3 is 2.78 bits per heavy atom. The Hall–Kier alpha value is -1.07. The summed E-state index contributed by atoms with van der Waals surface area (Å²) in [5.74, 6) is 0.600. The van der Waals surface area contributed by atoms with Crippen LogP contribution in [0, 0.1) is 0 Å². The lowest BCUT2D eigenvalue weighted by molar-refractivity contribution is -0.144. The van der Waals surface area contributed by atoms with Gasteiger partial charge in [0.1, 0.15) is 5.75 Å². The Labute approximate surface area is 116 Å². The van der Waals surface area contributed by atoms with E-state index in [1.807, 2.05) is 30.1 Å². The predicted octanol–water partition coefficient (Wildman–Crippen LogP) is 2.45. The minimum Gasteiger partial charge on any atom is -0.496 e. The van der Waals surface area contributed by atoms with Crippen LogP contribution in [0.15, 0.2) is 22.7 Å². The van der Waals surface area contributed by atoms with Gasteiger partial charge in [0, 0.05) is 16.6 Å². The number of benzene rings is 1. The zero-order valence-electron chi connectivity index (χ0n) is 10.9. The third-order valence-corrected chi connectivity index (χ3v) is 2.88. The van der Waals surface area contributed by atoms with Crippen LogP contribution in [0.25, 0.3) is 0 Å². The molecule has 0 N–H and O–H groups in total. The van der Waals surface area contributed by atoms with Crippen LogP contribution in [0.1, 0.15) is 12.5 Å². The van der Waals surface area contributed by atoms with Gasteiger partial charge >= 0.3 is 5.97 Å². The summed E-state index contributed by atoms with van der Waals surface area (Å²) >= 11 is 3.43. The largest absolute Gasteiger partial charge is 0.496 e. The molecule has 0 spiro atoms. The highest BCUT2D eigenvalue weighted by atomic mass is 79.9. The van der Waals surface area contributed by atoms with Crippen LogP contribution in [0.2, 0.25) is 0 Å².